The molecular weight excluding hydrogens is 210 g/mol. The number of nitrogens with zero attached hydrogens (tertiary/aromatic N) is 2. The second kappa shape index (κ2) is 3.32. The minimum absolute atomic E-state index is 0.466. The van der Waals surface area contributed by atoms with Gasteiger partial charge in [-0.1, -0.05) is 0 Å². The van der Waals surface area contributed by atoms with Crippen molar-refractivity contribution in [3.63, 3.8) is 0 Å². The number of nitrogens with one attached hydrogen (secondary N) is 2. The third kappa shape index (κ3) is 1.62. The van der Waals surface area contributed by atoms with E-state index in [9.17, 15) is 0 Å². The summed E-state index contributed by atoms with van der Waals surface area (Å²) in [6.45, 7) is 0. The zero-order valence-corrected chi connectivity index (χ0v) is 8.84. The molecule has 1 aliphatic carbocycles. The number of nitrogens with two attached hydrogens (primary N) is 1. The molecule has 78 valence electrons. The van der Waals surface area contributed by atoms with Crippen LogP contribution in [0.1, 0.15) is 12.8 Å². The average molecular weight is 221 g/mol. The summed E-state index contributed by atoms with van der Waals surface area (Å²) in [5.41, 5.74) is 2.49. The summed E-state index contributed by atoms with van der Waals surface area (Å²) in [5, 5.41) is 6.47. The Balaban J connectivity index is 2.09. The van der Waals surface area contributed by atoms with Gasteiger partial charge in [-0.15, -0.1) is 11.3 Å². The molecule has 6 heteroatoms. The molecule has 0 bridgehead atoms. The van der Waals surface area contributed by atoms with E-state index in [2.05, 4.69) is 20.7 Å². The molecule has 15 heavy (non-hydrogen) atoms. The van der Waals surface area contributed by atoms with Gasteiger partial charge in [0.15, 0.2) is 0 Å². The lowest BCUT2D eigenvalue weighted by molar-refractivity contribution is 1.09. The van der Waals surface area contributed by atoms with Gasteiger partial charge in [0, 0.05) is 6.04 Å². The lowest BCUT2D eigenvalue weighted by atomic mass is 10.4. The monoisotopic (exact) mass is 221 g/mol. The van der Waals surface area contributed by atoms with Crippen molar-refractivity contribution >= 4 is 33.3 Å². The highest BCUT2D eigenvalue weighted by molar-refractivity contribution is 7.16. The van der Waals surface area contributed by atoms with Gasteiger partial charge in [-0.05, 0) is 24.3 Å². The molecule has 0 aliphatic heterocycles. The second-order valence-electron chi connectivity index (χ2n) is 3.60. The maximum Gasteiger partial charge on any atom is 0.240 e. The molecule has 5 nitrogen and oxygen atoms in total. The number of hydrogen-bond acceptors (Lipinski definition) is 6. The standard InChI is InChI=1S/C9H11N5S/c10-14-9-12-7(11-5-1-2-5)6-3-4-15-8(6)13-9/h3-5H,1-2,10H2,(H2,11,12,13,14). The van der Waals surface area contributed by atoms with E-state index in [-0.39, 0.29) is 0 Å². The highest BCUT2D eigenvalue weighted by atomic mass is 32.1. The molecule has 1 fully saturated rings. The van der Waals surface area contributed by atoms with Crippen LogP contribution in [0.25, 0.3) is 10.2 Å². The van der Waals surface area contributed by atoms with Crippen LogP contribution in [0.5, 0.6) is 0 Å². The van der Waals surface area contributed by atoms with Gasteiger partial charge in [-0.25, -0.2) is 10.8 Å². The highest BCUT2D eigenvalue weighted by Gasteiger charge is 2.22. The molecule has 0 atom stereocenters. The van der Waals surface area contributed by atoms with Crippen LogP contribution in [0.3, 0.4) is 0 Å². The van der Waals surface area contributed by atoms with Gasteiger partial charge in [-0.2, -0.15) is 4.98 Å². The maximum atomic E-state index is 5.33. The third-order valence-electron chi connectivity index (χ3n) is 2.37. The number of anilines is 2. The largest absolute Gasteiger partial charge is 0.367 e. The van der Waals surface area contributed by atoms with Crippen LogP contribution in [-0.2, 0) is 0 Å². The number of hydrazine groups is 1. The molecule has 3 rings (SSSR count). The lowest BCUT2D eigenvalue weighted by Crippen LogP contribution is -2.12. The van der Waals surface area contributed by atoms with E-state index in [0.717, 1.165) is 16.0 Å². The first-order valence-electron chi connectivity index (χ1n) is 4.85. The summed E-state index contributed by atoms with van der Waals surface area (Å²) in [5.74, 6) is 6.68. The number of nitrogen functional groups attached to an aromatic ring is 1. The Morgan fingerprint density at radius 3 is 3.00 bits per heavy atom. The first-order valence-corrected chi connectivity index (χ1v) is 5.73. The van der Waals surface area contributed by atoms with Crippen LogP contribution < -0.4 is 16.6 Å². The van der Waals surface area contributed by atoms with Crippen molar-refractivity contribution in [3.05, 3.63) is 11.4 Å². The van der Waals surface area contributed by atoms with Crippen molar-refractivity contribution in [1.82, 2.24) is 9.97 Å². The van der Waals surface area contributed by atoms with Crippen molar-refractivity contribution in [2.75, 3.05) is 10.7 Å². The van der Waals surface area contributed by atoms with Crippen LogP contribution in [0, 0.1) is 0 Å². The second-order valence-corrected chi connectivity index (χ2v) is 4.49. The summed E-state index contributed by atoms with van der Waals surface area (Å²) in [7, 11) is 0. The topological polar surface area (TPSA) is 75.9 Å². The minimum Gasteiger partial charge on any atom is -0.367 e. The van der Waals surface area contributed by atoms with Gasteiger partial charge in [0.05, 0.1) is 5.39 Å². The van der Waals surface area contributed by atoms with E-state index >= 15 is 0 Å². The van der Waals surface area contributed by atoms with Crippen molar-refractivity contribution in [2.45, 2.75) is 18.9 Å². The third-order valence-corrected chi connectivity index (χ3v) is 3.18. The summed E-state index contributed by atoms with van der Waals surface area (Å²) in [6.07, 6.45) is 2.45. The fourth-order valence-electron chi connectivity index (χ4n) is 1.45. The zero-order chi connectivity index (χ0) is 10.3. The number of thiophene rings is 1. The number of hydrogen-bond donors (Lipinski definition) is 3. The van der Waals surface area contributed by atoms with Crippen LogP contribution >= 0.6 is 11.3 Å². The molecule has 0 saturated heterocycles. The molecular formula is C9H11N5S. The molecule has 4 N–H and O–H groups in total. The van der Waals surface area contributed by atoms with Gasteiger partial charge >= 0.3 is 0 Å². The summed E-state index contributed by atoms with van der Waals surface area (Å²) >= 11 is 1.59. The Bertz CT molecular complexity index is 490. The van der Waals surface area contributed by atoms with Gasteiger partial charge in [-0.3, -0.25) is 5.43 Å². The van der Waals surface area contributed by atoms with E-state index in [1.165, 1.54) is 12.8 Å². The van der Waals surface area contributed by atoms with E-state index in [4.69, 9.17) is 5.84 Å². The molecule has 1 saturated carbocycles. The smallest absolute Gasteiger partial charge is 0.240 e. The molecule has 0 aromatic carbocycles. The predicted octanol–water partition coefficient (Wildman–Crippen LogP) is 1.55. The molecule has 2 heterocycles. The summed E-state index contributed by atoms with van der Waals surface area (Å²) in [4.78, 5) is 9.55. The van der Waals surface area contributed by atoms with Gasteiger partial charge < -0.3 is 5.32 Å². The number of rotatable bonds is 3. The molecule has 1 aliphatic rings. The molecule has 0 spiro atoms. The van der Waals surface area contributed by atoms with E-state index in [0.29, 0.717) is 12.0 Å². The van der Waals surface area contributed by atoms with E-state index in [1.807, 2.05) is 11.4 Å². The predicted molar refractivity (Wildman–Crippen MR) is 61.9 cm³/mol. The Morgan fingerprint density at radius 2 is 2.27 bits per heavy atom. The van der Waals surface area contributed by atoms with E-state index in [1.54, 1.807) is 11.3 Å². The highest BCUT2D eigenvalue weighted by Crippen LogP contribution is 2.30. The lowest BCUT2D eigenvalue weighted by Gasteiger charge is -2.06. The van der Waals surface area contributed by atoms with Crippen molar-refractivity contribution in [1.29, 1.82) is 0 Å². The van der Waals surface area contributed by atoms with E-state index < -0.39 is 0 Å². The van der Waals surface area contributed by atoms with Crippen LogP contribution in [0.15, 0.2) is 11.4 Å². The molecule has 0 amide bonds. The minimum atomic E-state index is 0.466. The molecule has 2 aromatic rings. The molecule has 0 unspecified atom stereocenters. The number of aromatic nitrogens is 2. The summed E-state index contributed by atoms with van der Waals surface area (Å²) < 4.78 is 0. The van der Waals surface area contributed by atoms with Crippen LogP contribution in [-0.4, -0.2) is 16.0 Å². The van der Waals surface area contributed by atoms with Gasteiger partial charge in [0.1, 0.15) is 10.6 Å². The molecule has 0 radical (unpaired) electrons. The number of fused-ring (bicyclic) bond motifs is 1. The average Bonchev–Trinajstić information content (AvgIpc) is 2.93. The van der Waals surface area contributed by atoms with Crippen molar-refractivity contribution in [2.24, 2.45) is 5.84 Å². The first kappa shape index (κ1) is 8.87. The van der Waals surface area contributed by atoms with Crippen molar-refractivity contribution < 1.29 is 0 Å². The fraction of sp³-hybridized carbons (Fsp3) is 0.333. The SMILES string of the molecule is NNc1nc(NC2CC2)c2ccsc2n1. The van der Waals surface area contributed by atoms with Crippen LogP contribution in [0.4, 0.5) is 11.8 Å². The Labute approximate surface area is 90.7 Å². The Hall–Kier alpha value is -1.40. The van der Waals surface area contributed by atoms with Gasteiger partial charge in [0.2, 0.25) is 5.95 Å². The van der Waals surface area contributed by atoms with Crippen molar-refractivity contribution in [3.8, 4) is 0 Å². The first-order chi connectivity index (χ1) is 7.36. The maximum absolute atomic E-state index is 5.33. The summed E-state index contributed by atoms with van der Waals surface area (Å²) in [6, 6.07) is 2.61. The normalized spacial score (nSPS) is 15.5. The van der Waals surface area contributed by atoms with Crippen LogP contribution in [0.2, 0.25) is 0 Å². The quantitative estimate of drug-likeness (QED) is 0.541. The Morgan fingerprint density at radius 1 is 1.40 bits per heavy atom. The van der Waals surface area contributed by atoms with Gasteiger partial charge in [0.25, 0.3) is 0 Å². The molecule has 2 aromatic heterocycles. The fourth-order valence-corrected chi connectivity index (χ4v) is 2.21. The zero-order valence-electron chi connectivity index (χ0n) is 8.03. The Kier molecular flexibility index (Phi) is 1.96.